The van der Waals surface area contributed by atoms with Gasteiger partial charge in [-0.05, 0) is 43.2 Å². The first-order valence-electron chi connectivity index (χ1n) is 6.73. The van der Waals surface area contributed by atoms with Gasteiger partial charge in [-0.15, -0.1) is 0 Å². The third-order valence-electron chi connectivity index (χ3n) is 3.09. The molecule has 4 heteroatoms. The number of benzene rings is 2. The molecule has 21 heavy (non-hydrogen) atoms. The van der Waals surface area contributed by atoms with Crippen LogP contribution in [0.25, 0.3) is 0 Å². The lowest BCUT2D eigenvalue weighted by atomic mass is 10.1. The van der Waals surface area contributed by atoms with Crippen molar-refractivity contribution in [3.05, 3.63) is 65.2 Å². The summed E-state index contributed by atoms with van der Waals surface area (Å²) in [6, 6.07) is 14.6. The number of carboxylic acids is 1. The molecule has 2 N–H and O–H groups in total. The van der Waals surface area contributed by atoms with Crippen LogP contribution in [0, 0.1) is 6.92 Å². The van der Waals surface area contributed by atoms with Crippen LogP contribution in [0.3, 0.4) is 0 Å². The van der Waals surface area contributed by atoms with Crippen LogP contribution in [-0.4, -0.2) is 17.0 Å². The van der Waals surface area contributed by atoms with E-state index in [4.69, 9.17) is 5.11 Å². The molecule has 1 amide bonds. The minimum absolute atomic E-state index is 0.0787. The van der Waals surface area contributed by atoms with E-state index in [0.29, 0.717) is 17.7 Å². The lowest BCUT2D eigenvalue weighted by Gasteiger charge is -2.07. The monoisotopic (exact) mass is 283 g/mol. The predicted octanol–water partition coefficient (Wildman–Crippen LogP) is 3.26. The molecule has 0 saturated heterocycles. The van der Waals surface area contributed by atoms with Gasteiger partial charge in [-0.3, -0.25) is 9.59 Å². The van der Waals surface area contributed by atoms with Gasteiger partial charge in [0.1, 0.15) is 0 Å². The fourth-order valence-electron chi connectivity index (χ4n) is 2.05. The summed E-state index contributed by atoms with van der Waals surface area (Å²) in [7, 11) is 0. The van der Waals surface area contributed by atoms with Gasteiger partial charge in [-0.2, -0.15) is 0 Å². The number of hydrogen-bond acceptors (Lipinski definition) is 2. The molecule has 2 aromatic rings. The molecule has 0 aromatic heterocycles. The van der Waals surface area contributed by atoms with Crippen molar-refractivity contribution in [2.75, 3.05) is 5.32 Å². The van der Waals surface area contributed by atoms with Gasteiger partial charge in [-0.25, -0.2) is 0 Å². The number of anilines is 1. The summed E-state index contributed by atoms with van der Waals surface area (Å²) in [4.78, 5) is 22.7. The Labute approximate surface area is 123 Å². The third-order valence-corrected chi connectivity index (χ3v) is 3.09. The molecule has 0 fully saturated rings. The molecule has 0 aliphatic rings. The molecule has 0 aliphatic carbocycles. The normalized spacial score (nSPS) is 10.1. The van der Waals surface area contributed by atoms with E-state index in [2.05, 4.69) is 5.32 Å². The van der Waals surface area contributed by atoms with Crippen LogP contribution in [0.1, 0.15) is 27.9 Å². The standard InChI is InChI=1S/C17H17NO3/c1-12-4-2-6-14(10-12)17(21)18-15-7-3-5-13(11-15)8-9-16(19)20/h2-7,10-11H,8-9H2,1H3,(H,18,21)(H,19,20). The van der Waals surface area contributed by atoms with Crippen molar-refractivity contribution in [2.24, 2.45) is 0 Å². The molecular weight excluding hydrogens is 266 g/mol. The number of aliphatic carboxylic acids is 1. The Balaban J connectivity index is 2.07. The molecule has 0 radical (unpaired) electrons. The number of rotatable bonds is 5. The molecular formula is C17H17NO3. The Morgan fingerprint density at radius 3 is 2.57 bits per heavy atom. The number of aryl methyl sites for hydroxylation is 2. The van der Waals surface area contributed by atoms with Gasteiger partial charge in [0.05, 0.1) is 0 Å². The molecule has 4 nitrogen and oxygen atoms in total. The molecule has 108 valence electrons. The molecule has 2 aromatic carbocycles. The highest BCUT2D eigenvalue weighted by molar-refractivity contribution is 6.04. The maximum atomic E-state index is 12.1. The van der Waals surface area contributed by atoms with Gasteiger partial charge in [0, 0.05) is 17.7 Å². The molecule has 0 bridgehead atoms. The number of hydrogen-bond donors (Lipinski definition) is 2. The molecule has 0 saturated carbocycles. The van der Waals surface area contributed by atoms with Crippen molar-refractivity contribution in [3.8, 4) is 0 Å². The first-order valence-corrected chi connectivity index (χ1v) is 6.73. The summed E-state index contributed by atoms with van der Waals surface area (Å²) in [6.07, 6.45) is 0.527. The van der Waals surface area contributed by atoms with E-state index in [1.165, 1.54) is 0 Å². The van der Waals surface area contributed by atoms with Crippen molar-refractivity contribution in [3.63, 3.8) is 0 Å². The van der Waals surface area contributed by atoms with E-state index >= 15 is 0 Å². The minimum Gasteiger partial charge on any atom is -0.481 e. The van der Waals surface area contributed by atoms with Gasteiger partial charge in [0.15, 0.2) is 0 Å². The average Bonchev–Trinajstić information content (AvgIpc) is 2.45. The van der Waals surface area contributed by atoms with Crippen LogP contribution in [0.5, 0.6) is 0 Å². The largest absolute Gasteiger partial charge is 0.481 e. The van der Waals surface area contributed by atoms with Crippen molar-refractivity contribution >= 4 is 17.6 Å². The quantitative estimate of drug-likeness (QED) is 0.885. The maximum Gasteiger partial charge on any atom is 0.303 e. The van der Waals surface area contributed by atoms with E-state index in [9.17, 15) is 9.59 Å². The number of nitrogens with one attached hydrogen (secondary N) is 1. The topological polar surface area (TPSA) is 66.4 Å². The van der Waals surface area contributed by atoms with Crippen molar-refractivity contribution in [1.82, 2.24) is 0 Å². The van der Waals surface area contributed by atoms with E-state index < -0.39 is 5.97 Å². The summed E-state index contributed by atoms with van der Waals surface area (Å²) in [5, 5.41) is 11.5. The summed E-state index contributed by atoms with van der Waals surface area (Å²) in [5.74, 6) is -1.00. The first kappa shape index (κ1) is 14.8. The molecule has 0 aliphatic heterocycles. The maximum absolute atomic E-state index is 12.1. The van der Waals surface area contributed by atoms with Crippen molar-refractivity contribution < 1.29 is 14.7 Å². The minimum atomic E-state index is -0.829. The predicted molar refractivity (Wildman–Crippen MR) is 81.5 cm³/mol. The zero-order chi connectivity index (χ0) is 15.2. The second-order valence-corrected chi connectivity index (χ2v) is 4.92. The number of amides is 1. The Morgan fingerprint density at radius 1 is 1.10 bits per heavy atom. The number of carbonyl (C=O) groups is 2. The summed E-state index contributed by atoms with van der Waals surface area (Å²) >= 11 is 0. The smallest absolute Gasteiger partial charge is 0.303 e. The molecule has 0 atom stereocenters. The van der Waals surface area contributed by atoms with E-state index in [1.807, 2.05) is 37.3 Å². The van der Waals surface area contributed by atoms with Crippen LogP contribution < -0.4 is 5.32 Å². The van der Waals surface area contributed by atoms with Gasteiger partial charge in [-0.1, -0.05) is 29.8 Å². The van der Waals surface area contributed by atoms with E-state index in [1.54, 1.807) is 18.2 Å². The molecule has 0 unspecified atom stereocenters. The lowest BCUT2D eigenvalue weighted by molar-refractivity contribution is -0.136. The van der Waals surface area contributed by atoms with Crippen LogP contribution in [0.15, 0.2) is 48.5 Å². The summed E-state index contributed by atoms with van der Waals surface area (Å²) < 4.78 is 0. The zero-order valence-electron chi connectivity index (χ0n) is 11.8. The first-order chi connectivity index (χ1) is 10.0. The summed E-state index contributed by atoms with van der Waals surface area (Å²) in [6.45, 7) is 1.93. The van der Waals surface area contributed by atoms with Gasteiger partial charge in [0.25, 0.3) is 5.91 Å². The van der Waals surface area contributed by atoms with E-state index in [-0.39, 0.29) is 12.3 Å². The Morgan fingerprint density at radius 2 is 1.86 bits per heavy atom. The highest BCUT2D eigenvalue weighted by atomic mass is 16.4. The highest BCUT2D eigenvalue weighted by Gasteiger charge is 2.07. The van der Waals surface area contributed by atoms with Gasteiger partial charge >= 0.3 is 5.97 Å². The van der Waals surface area contributed by atoms with Crippen molar-refractivity contribution in [2.45, 2.75) is 19.8 Å². The number of carboxylic acid groups (broad SMARTS) is 1. The van der Waals surface area contributed by atoms with Crippen LogP contribution in [0.4, 0.5) is 5.69 Å². The van der Waals surface area contributed by atoms with E-state index in [0.717, 1.165) is 11.1 Å². The van der Waals surface area contributed by atoms with Crippen LogP contribution in [-0.2, 0) is 11.2 Å². The summed E-state index contributed by atoms with van der Waals surface area (Å²) in [5.41, 5.74) is 3.19. The fraction of sp³-hybridized carbons (Fsp3) is 0.176. The Bertz CT molecular complexity index is 665. The van der Waals surface area contributed by atoms with Gasteiger partial charge in [0.2, 0.25) is 0 Å². The lowest BCUT2D eigenvalue weighted by Crippen LogP contribution is -2.12. The molecule has 0 heterocycles. The highest BCUT2D eigenvalue weighted by Crippen LogP contribution is 2.14. The Kier molecular flexibility index (Phi) is 4.72. The van der Waals surface area contributed by atoms with Gasteiger partial charge < -0.3 is 10.4 Å². The zero-order valence-corrected chi connectivity index (χ0v) is 11.8. The second kappa shape index (κ2) is 6.70. The third kappa shape index (κ3) is 4.45. The molecule has 0 spiro atoms. The van der Waals surface area contributed by atoms with Crippen LogP contribution >= 0.6 is 0 Å². The average molecular weight is 283 g/mol. The number of carbonyl (C=O) groups excluding carboxylic acids is 1. The Hall–Kier alpha value is -2.62. The molecule has 2 rings (SSSR count). The second-order valence-electron chi connectivity index (χ2n) is 4.92. The fourth-order valence-corrected chi connectivity index (χ4v) is 2.05. The van der Waals surface area contributed by atoms with Crippen molar-refractivity contribution in [1.29, 1.82) is 0 Å². The van der Waals surface area contributed by atoms with Crippen LogP contribution in [0.2, 0.25) is 0 Å². The SMILES string of the molecule is Cc1cccc(C(=O)Nc2cccc(CCC(=O)O)c2)c1.